The Morgan fingerprint density at radius 1 is 1.29 bits per heavy atom. The number of nitrogen functional groups attached to an aromatic ring is 1. The molecule has 0 bridgehead atoms. The number of anilines is 1. The van der Waals surface area contributed by atoms with Gasteiger partial charge in [0.05, 0.1) is 11.3 Å². The van der Waals surface area contributed by atoms with E-state index in [9.17, 15) is 0 Å². The van der Waals surface area contributed by atoms with Crippen LogP contribution in [-0.2, 0) is 0 Å². The maximum Gasteiger partial charge on any atom is 0.197 e. The summed E-state index contributed by atoms with van der Waals surface area (Å²) in [6.45, 7) is 0. The molecule has 2 aliphatic rings. The van der Waals surface area contributed by atoms with Crippen LogP contribution in [0.3, 0.4) is 0 Å². The van der Waals surface area contributed by atoms with E-state index in [1.54, 1.807) is 12.3 Å². The van der Waals surface area contributed by atoms with Crippen molar-refractivity contribution in [3.05, 3.63) is 23.7 Å². The predicted molar refractivity (Wildman–Crippen MR) is 77.8 cm³/mol. The number of nitriles is 1. The number of hydrogen-bond donors (Lipinski definition) is 1. The van der Waals surface area contributed by atoms with Gasteiger partial charge in [-0.2, -0.15) is 5.26 Å². The van der Waals surface area contributed by atoms with E-state index in [0.29, 0.717) is 28.2 Å². The fraction of sp³-hybridized carbons (Fsp3) is 0.429. The van der Waals surface area contributed by atoms with Crippen LogP contribution in [0.2, 0.25) is 0 Å². The van der Waals surface area contributed by atoms with Crippen LogP contribution in [0, 0.1) is 11.3 Å². The molecule has 7 heteroatoms. The Balaban J connectivity index is 1.67. The zero-order valence-corrected chi connectivity index (χ0v) is 12.2. The molecule has 2 fully saturated rings. The lowest BCUT2D eigenvalue weighted by Gasteiger charge is -2.08. The van der Waals surface area contributed by atoms with Crippen LogP contribution in [0.15, 0.2) is 22.4 Å². The first-order chi connectivity index (χ1) is 10.3. The Hall–Kier alpha value is -2.07. The van der Waals surface area contributed by atoms with Crippen molar-refractivity contribution < 1.29 is 0 Å². The number of nitrogens with zero attached hydrogens (tertiary/aromatic N) is 5. The second-order valence-electron chi connectivity index (χ2n) is 5.55. The Labute approximate surface area is 126 Å². The molecule has 2 heterocycles. The van der Waals surface area contributed by atoms with E-state index in [2.05, 4.69) is 19.7 Å². The van der Waals surface area contributed by atoms with Crippen molar-refractivity contribution in [1.29, 1.82) is 5.26 Å². The molecule has 2 aromatic heterocycles. The Kier molecular flexibility index (Phi) is 2.86. The number of nitrogens with two attached hydrogens (primary N) is 1. The van der Waals surface area contributed by atoms with Gasteiger partial charge in [0.15, 0.2) is 5.16 Å². The molecule has 0 spiro atoms. The predicted octanol–water partition coefficient (Wildman–Crippen LogP) is 2.49. The third kappa shape index (κ3) is 2.36. The zero-order valence-electron chi connectivity index (χ0n) is 11.4. The molecular weight excluding hydrogens is 284 g/mol. The molecule has 21 heavy (non-hydrogen) atoms. The monoisotopic (exact) mass is 298 g/mol. The van der Waals surface area contributed by atoms with Crippen molar-refractivity contribution in [3.63, 3.8) is 0 Å². The first-order valence-electron chi connectivity index (χ1n) is 7.04. The average Bonchev–Trinajstić information content (AvgIpc) is 3.40. The van der Waals surface area contributed by atoms with Gasteiger partial charge in [-0.05, 0) is 43.5 Å². The van der Waals surface area contributed by atoms with E-state index in [0.717, 1.165) is 11.0 Å². The van der Waals surface area contributed by atoms with Crippen molar-refractivity contribution in [2.24, 2.45) is 0 Å². The molecule has 4 rings (SSSR count). The molecule has 0 aliphatic heterocycles. The molecule has 0 atom stereocenters. The number of aromatic nitrogens is 4. The highest BCUT2D eigenvalue weighted by Gasteiger charge is 2.36. The molecule has 0 amide bonds. The summed E-state index contributed by atoms with van der Waals surface area (Å²) in [7, 11) is 0. The Morgan fingerprint density at radius 3 is 2.71 bits per heavy atom. The van der Waals surface area contributed by atoms with Crippen molar-refractivity contribution in [1.82, 2.24) is 19.7 Å². The molecule has 6 nitrogen and oxygen atoms in total. The van der Waals surface area contributed by atoms with Gasteiger partial charge in [-0.15, -0.1) is 10.2 Å². The molecule has 2 aromatic rings. The summed E-state index contributed by atoms with van der Waals surface area (Å²) in [5.41, 5.74) is 6.96. The molecule has 2 aliphatic carbocycles. The zero-order chi connectivity index (χ0) is 14.4. The summed E-state index contributed by atoms with van der Waals surface area (Å²) in [6, 6.07) is 4.23. The summed E-state index contributed by atoms with van der Waals surface area (Å²) >= 11 is 1.44. The fourth-order valence-corrected chi connectivity index (χ4v) is 3.23. The minimum Gasteiger partial charge on any atom is -0.396 e. The highest BCUT2D eigenvalue weighted by Crippen LogP contribution is 2.46. The maximum atomic E-state index is 8.86. The van der Waals surface area contributed by atoms with Crippen molar-refractivity contribution >= 4 is 17.4 Å². The van der Waals surface area contributed by atoms with Gasteiger partial charge in [0, 0.05) is 18.2 Å². The van der Waals surface area contributed by atoms with Crippen LogP contribution < -0.4 is 5.73 Å². The number of pyridine rings is 1. The molecule has 0 aromatic carbocycles. The van der Waals surface area contributed by atoms with E-state index in [1.165, 1.54) is 37.4 Å². The summed E-state index contributed by atoms with van der Waals surface area (Å²) in [4.78, 5) is 4.27. The normalized spacial score (nSPS) is 17.7. The summed E-state index contributed by atoms with van der Waals surface area (Å²) < 4.78 is 2.27. The summed E-state index contributed by atoms with van der Waals surface area (Å²) in [6.07, 6.45) is 6.36. The molecule has 106 valence electrons. The quantitative estimate of drug-likeness (QED) is 0.932. The SMILES string of the molecule is N#Cc1cnc(Sc2nnc(C3CC3)n2C2CC2)c(N)c1. The smallest absolute Gasteiger partial charge is 0.197 e. The summed E-state index contributed by atoms with van der Waals surface area (Å²) in [5, 5.41) is 19.1. The van der Waals surface area contributed by atoms with Crippen molar-refractivity contribution in [2.45, 2.75) is 47.8 Å². The molecule has 0 saturated heterocycles. The molecular formula is C14H14N6S. The average molecular weight is 298 g/mol. The third-order valence-corrected chi connectivity index (χ3v) is 4.74. The highest BCUT2D eigenvalue weighted by molar-refractivity contribution is 7.99. The van der Waals surface area contributed by atoms with Crippen LogP contribution in [0.5, 0.6) is 0 Å². The highest BCUT2D eigenvalue weighted by atomic mass is 32.2. The van der Waals surface area contributed by atoms with Gasteiger partial charge in [0.1, 0.15) is 16.9 Å². The fourth-order valence-electron chi connectivity index (χ4n) is 2.36. The Bertz CT molecular complexity index is 738. The van der Waals surface area contributed by atoms with Crippen LogP contribution in [0.25, 0.3) is 0 Å². The molecule has 0 unspecified atom stereocenters. The van der Waals surface area contributed by atoms with Gasteiger partial charge in [-0.3, -0.25) is 0 Å². The van der Waals surface area contributed by atoms with Crippen molar-refractivity contribution in [2.75, 3.05) is 5.73 Å². The number of hydrogen-bond acceptors (Lipinski definition) is 6. The lowest BCUT2D eigenvalue weighted by Crippen LogP contribution is -2.02. The van der Waals surface area contributed by atoms with Gasteiger partial charge < -0.3 is 10.3 Å². The van der Waals surface area contributed by atoms with Crippen LogP contribution in [0.4, 0.5) is 5.69 Å². The van der Waals surface area contributed by atoms with Crippen LogP contribution in [0.1, 0.15) is 49.0 Å². The van der Waals surface area contributed by atoms with E-state index >= 15 is 0 Å². The molecule has 0 radical (unpaired) electrons. The van der Waals surface area contributed by atoms with Gasteiger partial charge in [0.25, 0.3) is 0 Å². The Morgan fingerprint density at radius 2 is 2.10 bits per heavy atom. The lowest BCUT2D eigenvalue weighted by atomic mass is 10.3. The largest absolute Gasteiger partial charge is 0.396 e. The van der Waals surface area contributed by atoms with E-state index < -0.39 is 0 Å². The topological polar surface area (TPSA) is 93.4 Å². The van der Waals surface area contributed by atoms with Gasteiger partial charge >= 0.3 is 0 Å². The molecule has 2 saturated carbocycles. The lowest BCUT2D eigenvalue weighted by molar-refractivity contribution is 0.626. The van der Waals surface area contributed by atoms with Crippen LogP contribution >= 0.6 is 11.8 Å². The van der Waals surface area contributed by atoms with Gasteiger partial charge in [-0.25, -0.2) is 4.98 Å². The van der Waals surface area contributed by atoms with Gasteiger partial charge in [-0.1, -0.05) is 0 Å². The first kappa shape index (κ1) is 12.7. The second-order valence-corrected chi connectivity index (χ2v) is 6.50. The van der Waals surface area contributed by atoms with Gasteiger partial charge in [0.2, 0.25) is 0 Å². The first-order valence-corrected chi connectivity index (χ1v) is 7.86. The standard InChI is InChI=1S/C14H14N6S/c15-6-8-5-11(16)13(17-7-8)21-14-19-18-12(9-1-2-9)20(14)10-3-4-10/h5,7,9-10H,1-4,16H2. The van der Waals surface area contributed by atoms with Crippen molar-refractivity contribution in [3.8, 4) is 6.07 Å². The second kappa shape index (κ2) is 4.74. The summed E-state index contributed by atoms with van der Waals surface area (Å²) in [5.74, 6) is 1.70. The maximum absolute atomic E-state index is 8.86. The van der Waals surface area contributed by atoms with Crippen LogP contribution in [-0.4, -0.2) is 19.7 Å². The van der Waals surface area contributed by atoms with E-state index in [1.807, 2.05) is 6.07 Å². The minimum absolute atomic E-state index is 0.471. The number of rotatable bonds is 4. The van der Waals surface area contributed by atoms with E-state index in [4.69, 9.17) is 11.0 Å². The van der Waals surface area contributed by atoms with E-state index in [-0.39, 0.29) is 0 Å². The molecule has 2 N–H and O–H groups in total. The minimum atomic E-state index is 0.471. The third-order valence-electron chi connectivity index (χ3n) is 3.74.